The fraction of sp³-hybridized carbons (Fsp3) is 0.344. The van der Waals surface area contributed by atoms with Crippen molar-refractivity contribution in [3.05, 3.63) is 112 Å². The third-order valence-electron chi connectivity index (χ3n) is 9.45. The van der Waals surface area contributed by atoms with Crippen LogP contribution in [0.5, 0.6) is 0 Å². The summed E-state index contributed by atoms with van der Waals surface area (Å²) in [6, 6.07) is 7.91. The highest BCUT2D eigenvalue weighted by Gasteiger charge is 2.71. The summed E-state index contributed by atoms with van der Waals surface area (Å²) in [5.41, 5.74) is -2.70. The van der Waals surface area contributed by atoms with Gasteiger partial charge in [-0.05, 0) is 56.0 Å². The summed E-state index contributed by atoms with van der Waals surface area (Å²) in [5.74, 6) is -4.72. The van der Waals surface area contributed by atoms with Gasteiger partial charge in [0, 0.05) is 45.3 Å². The number of amides is 1. The van der Waals surface area contributed by atoms with Gasteiger partial charge < -0.3 is 10.1 Å². The van der Waals surface area contributed by atoms with E-state index in [1.807, 2.05) is 0 Å². The van der Waals surface area contributed by atoms with E-state index in [1.54, 1.807) is 11.0 Å². The fourth-order valence-corrected chi connectivity index (χ4v) is 7.65. The van der Waals surface area contributed by atoms with E-state index in [9.17, 15) is 34.6 Å². The molecule has 12 nitrogen and oxygen atoms in total. The molecule has 244 valence electrons. The highest BCUT2D eigenvalue weighted by molar-refractivity contribution is 6.31. The maximum atomic E-state index is 16.0. The molecule has 1 saturated heterocycles. The number of nitro groups is 2. The average molecular weight is 685 g/mol. The number of hydrogen-bond donors (Lipinski definition) is 1. The molecule has 0 bridgehead atoms. The highest BCUT2D eigenvalue weighted by atomic mass is 35.5. The van der Waals surface area contributed by atoms with Crippen molar-refractivity contribution in [3.63, 3.8) is 0 Å². The molecule has 6 rings (SSSR count). The second-order valence-corrected chi connectivity index (χ2v) is 12.8. The van der Waals surface area contributed by atoms with Crippen molar-refractivity contribution in [3.8, 4) is 0 Å². The van der Waals surface area contributed by atoms with Crippen LogP contribution in [0.25, 0.3) is 0 Å². The molecule has 1 saturated carbocycles. The van der Waals surface area contributed by atoms with Crippen LogP contribution in [-0.4, -0.2) is 58.1 Å². The van der Waals surface area contributed by atoms with Crippen LogP contribution >= 0.6 is 23.2 Å². The Labute approximate surface area is 277 Å². The van der Waals surface area contributed by atoms with Crippen LogP contribution in [0.4, 0.5) is 15.8 Å². The number of hydrogen-bond acceptors (Lipinski definition) is 9. The Kier molecular flexibility index (Phi) is 8.27. The molecule has 0 radical (unpaired) electrons. The van der Waals surface area contributed by atoms with Crippen molar-refractivity contribution in [1.29, 1.82) is 0 Å². The van der Waals surface area contributed by atoms with E-state index >= 15 is 4.39 Å². The molecule has 2 aliphatic heterocycles. The van der Waals surface area contributed by atoms with Gasteiger partial charge in [-0.2, -0.15) is 0 Å². The predicted octanol–water partition coefficient (Wildman–Crippen LogP) is 6.08. The summed E-state index contributed by atoms with van der Waals surface area (Å²) in [6.45, 7) is 1.45. The van der Waals surface area contributed by atoms with Gasteiger partial charge >= 0.3 is 5.97 Å². The quantitative estimate of drug-likeness (QED) is 0.122. The zero-order chi connectivity index (χ0) is 33.9. The summed E-state index contributed by atoms with van der Waals surface area (Å²) in [7, 11) is 1.11. The molecule has 15 heteroatoms. The number of likely N-dealkylation sites (tertiary alicyclic amines) is 1. The largest absolute Gasteiger partial charge is 0.465 e. The van der Waals surface area contributed by atoms with Gasteiger partial charge in [-0.3, -0.25) is 34.7 Å². The Morgan fingerprint density at radius 1 is 1.11 bits per heavy atom. The first-order valence-electron chi connectivity index (χ1n) is 14.7. The van der Waals surface area contributed by atoms with Crippen LogP contribution in [0.2, 0.25) is 10.0 Å². The maximum absolute atomic E-state index is 16.0. The lowest BCUT2D eigenvalue weighted by molar-refractivity contribution is -0.528. The minimum Gasteiger partial charge on any atom is -0.465 e. The van der Waals surface area contributed by atoms with Gasteiger partial charge in [0.25, 0.3) is 11.6 Å². The van der Waals surface area contributed by atoms with Gasteiger partial charge in [-0.15, -0.1) is 0 Å². The Morgan fingerprint density at radius 2 is 1.81 bits per heavy atom. The minimum absolute atomic E-state index is 0.0277. The predicted molar refractivity (Wildman–Crippen MR) is 168 cm³/mol. The van der Waals surface area contributed by atoms with Gasteiger partial charge in [0.15, 0.2) is 5.78 Å². The summed E-state index contributed by atoms with van der Waals surface area (Å²) in [5, 5.41) is 28.1. The lowest BCUT2D eigenvalue weighted by Gasteiger charge is -2.38. The number of halogens is 3. The Balaban J connectivity index is 1.57. The molecule has 4 atom stereocenters. The third kappa shape index (κ3) is 5.13. The van der Waals surface area contributed by atoms with Gasteiger partial charge in [0.2, 0.25) is 6.04 Å². The molecular weight excluding hydrogens is 658 g/mol. The number of benzene rings is 3. The highest BCUT2D eigenvalue weighted by Crippen LogP contribution is 2.60. The summed E-state index contributed by atoms with van der Waals surface area (Å²) in [4.78, 5) is 66.3. The molecule has 2 fully saturated rings. The number of fused-ring (bicyclic) bond motifs is 2. The van der Waals surface area contributed by atoms with Crippen LogP contribution in [0.15, 0.2) is 48.5 Å². The summed E-state index contributed by atoms with van der Waals surface area (Å²) >= 11 is 12.4. The number of anilines is 1. The standard InChI is InChI=1S/C32H27Cl2FN4O8/c1-15-18(30(41)47-2)9-10-19(28(15)38(43)44)25(40)13-24-29(39(45)46)26(20-4-3-5-22(34)27(20)35)32(37(24)14-16-6-7-16)21-11-8-17(33)12-23(21)36-31(32)42/h3-5,8-12,16,24,26,29H,6-7,13-14H2,1-2H3,(H,36,42)/t24-,26-,29?,32+/m0/s1. The first-order valence-corrected chi connectivity index (χ1v) is 15.4. The van der Waals surface area contributed by atoms with E-state index in [4.69, 9.17) is 27.9 Å². The SMILES string of the molecule is COC(=O)c1ccc(C(=O)C[C@H]2C([N+](=O)[O-])[C@H](c3cccc(Cl)c3F)[C@]3(C(=O)Nc4cc(Cl)ccc43)N2CC2CC2)c([N+](=O)[O-])c1C. The molecule has 1 aliphatic carbocycles. The Morgan fingerprint density at radius 3 is 2.45 bits per heavy atom. The van der Waals surface area contributed by atoms with Crippen LogP contribution in [0.1, 0.15) is 62.6 Å². The number of methoxy groups -OCH3 is 1. The Hall–Kier alpha value is -4.46. The van der Waals surface area contributed by atoms with Gasteiger partial charge in [-0.25, -0.2) is 9.18 Å². The monoisotopic (exact) mass is 684 g/mol. The van der Waals surface area contributed by atoms with E-state index in [2.05, 4.69) is 5.32 Å². The van der Waals surface area contributed by atoms with E-state index in [1.165, 1.54) is 43.3 Å². The maximum Gasteiger partial charge on any atom is 0.338 e. The zero-order valence-electron chi connectivity index (χ0n) is 25.0. The van der Waals surface area contributed by atoms with E-state index in [-0.39, 0.29) is 50.4 Å². The average Bonchev–Trinajstić information content (AvgIpc) is 3.74. The molecule has 47 heavy (non-hydrogen) atoms. The number of nitro benzene ring substituents is 1. The minimum atomic E-state index is -1.87. The summed E-state index contributed by atoms with van der Waals surface area (Å²) in [6.07, 6.45) is 0.898. The van der Waals surface area contributed by atoms with Crippen molar-refractivity contribution >= 4 is 52.2 Å². The van der Waals surface area contributed by atoms with Gasteiger partial charge in [0.1, 0.15) is 11.4 Å². The Bertz CT molecular complexity index is 1890. The van der Waals surface area contributed by atoms with Crippen LogP contribution < -0.4 is 5.32 Å². The van der Waals surface area contributed by atoms with Crippen LogP contribution in [-0.2, 0) is 15.1 Å². The molecule has 1 spiro atoms. The molecule has 2 heterocycles. The second-order valence-electron chi connectivity index (χ2n) is 12.0. The van der Waals surface area contributed by atoms with Gasteiger partial charge in [0.05, 0.1) is 40.1 Å². The molecule has 3 aromatic carbocycles. The number of nitrogens with one attached hydrogen (secondary N) is 1. The fourth-order valence-electron chi connectivity index (χ4n) is 7.29. The third-order valence-corrected chi connectivity index (χ3v) is 9.98. The lowest BCUT2D eigenvalue weighted by Crippen LogP contribution is -2.53. The van der Waals surface area contributed by atoms with E-state index in [0.717, 1.165) is 26.0 Å². The van der Waals surface area contributed by atoms with Gasteiger partial charge in [-0.1, -0.05) is 41.4 Å². The molecule has 3 aromatic rings. The normalized spacial score (nSPS) is 23.4. The number of ether oxygens (including phenoxy) is 1. The number of Topliss-reactive ketones (excluding diaryl/α,β-unsaturated/α-hetero) is 1. The zero-order valence-corrected chi connectivity index (χ0v) is 26.5. The smallest absolute Gasteiger partial charge is 0.338 e. The first-order chi connectivity index (χ1) is 22.3. The van der Waals surface area contributed by atoms with Crippen molar-refractivity contribution < 1.29 is 33.4 Å². The van der Waals surface area contributed by atoms with Crippen molar-refractivity contribution in [2.75, 3.05) is 19.0 Å². The molecule has 1 unspecified atom stereocenters. The summed E-state index contributed by atoms with van der Waals surface area (Å²) < 4.78 is 20.7. The number of ketones is 1. The molecular formula is C32H27Cl2FN4O8. The first kappa shape index (κ1) is 32.5. The second kappa shape index (κ2) is 12.0. The number of carbonyl (C=O) groups excluding carboxylic acids is 3. The van der Waals surface area contributed by atoms with E-state index < -0.39 is 69.0 Å². The topological polar surface area (TPSA) is 162 Å². The van der Waals surface area contributed by atoms with Crippen molar-refractivity contribution in [2.24, 2.45) is 5.92 Å². The number of rotatable bonds is 9. The molecule has 3 aliphatic rings. The number of carbonyl (C=O) groups is 3. The molecule has 1 N–H and O–H groups in total. The lowest BCUT2D eigenvalue weighted by atomic mass is 9.73. The molecule has 1 amide bonds. The number of nitrogens with zero attached hydrogens (tertiary/aromatic N) is 3. The van der Waals surface area contributed by atoms with E-state index in [0.29, 0.717) is 5.56 Å². The molecule has 0 aromatic heterocycles. The van der Waals surface area contributed by atoms with Crippen LogP contribution in [0.3, 0.4) is 0 Å². The van der Waals surface area contributed by atoms with Crippen molar-refractivity contribution in [1.82, 2.24) is 4.90 Å². The van der Waals surface area contributed by atoms with Crippen molar-refractivity contribution in [2.45, 2.75) is 49.7 Å². The number of esters is 1. The van der Waals surface area contributed by atoms with Crippen LogP contribution in [0, 0.1) is 38.9 Å².